The van der Waals surface area contributed by atoms with Crippen molar-refractivity contribution in [2.45, 2.75) is 65.7 Å². The topological polar surface area (TPSA) is 56.5 Å². The summed E-state index contributed by atoms with van der Waals surface area (Å²) in [5.74, 6) is 0.0477. The van der Waals surface area contributed by atoms with Crippen LogP contribution in [0.4, 0.5) is 14.5 Å². The van der Waals surface area contributed by atoms with E-state index in [9.17, 15) is 13.6 Å². The van der Waals surface area contributed by atoms with E-state index < -0.39 is 12.3 Å². The van der Waals surface area contributed by atoms with Crippen LogP contribution < -0.4 is 0 Å². The third-order valence-electron chi connectivity index (χ3n) is 8.18. The summed E-state index contributed by atoms with van der Waals surface area (Å²) in [4.78, 5) is 20.3. The van der Waals surface area contributed by atoms with E-state index in [1.54, 1.807) is 36.4 Å². The Hall–Kier alpha value is -3.93. The van der Waals surface area contributed by atoms with Crippen LogP contribution in [-0.4, -0.2) is 41.5 Å². The summed E-state index contributed by atoms with van der Waals surface area (Å²) < 4.78 is 28.2. The molecule has 3 aromatic rings. The van der Waals surface area contributed by atoms with Crippen molar-refractivity contribution < 1.29 is 13.6 Å². The highest BCUT2D eigenvalue weighted by atomic mass is 19.1. The fraction of sp³-hybridized carbons (Fsp3) is 0.361. The van der Waals surface area contributed by atoms with Crippen LogP contribution in [0.1, 0.15) is 83.9 Å². The molecule has 1 fully saturated rings. The number of carbonyl (C=O) groups is 1. The Balaban J connectivity index is 1.48. The molecule has 1 N–H and O–H groups in total. The molecule has 4 nitrogen and oxygen atoms in total. The Morgan fingerprint density at radius 2 is 1.71 bits per heavy atom. The van der Waals surface area contributed by atoms with Crippen LogP contribution in [0, 0.1) is 25.2 Å². The number of amides is 1. The standard InChI is InChI=1S/C36H41F2N3O/c1-6-31(38)21-25(4)35(40-33-13-8-7-10-23(33)2)27-16-18-41(19-17-27)36(42)30-14-15-32(24(3)20-30)34(39)29-12-9-11-28(22-29)26(5)37/h7-15,20,22,26-27,31,39H,4,6,16-19,21H2,1-3,5H3. The number of nitrogens with one attached hydrogen (secondary N) is 1. The van der Waals surface area contributed by atoms with Gasteiger partial charge in [0.25, 0.3) is 5.91 Å². The second-order valence-electron chi connectivity index (χ2n) is 11.3. The number of para-hydroxylation sites is 1. The number of alkyl halides is 2. The Morgan fingerprint density at radius 1 is 1.00 bits per heavy atom. The zero-order chi connectivity index (χ0) is 30.4. The van der Waals surface area contributed by atoms with Crippen LogP contribution in [0.3, 0.4) is 0 Å². The van der Waals surface area contributed by atoms with Crippen molar-refractivity contribution >= 4 is 23.0 Å². The summed E-state index contributed by atoms with van der Waals surface area (Å²) in [5.41, 5.74) is 7.09. The first-order valence-corrected chi connectivity index (χ1v) is 14.8. The number of piperidine rings is 1. The lowest BCUT2D eigenvalue weighted by molar-refractivity contribution is 0.0710. The van der Waals surface area contributed by atoms with Gasteiger partial charge in [-0.1, -0.05) is 56.0 Å². The Morgan fingerprint density at radius 3 is 2.36 bits per heavy atom. The van der Waals surface area contributed by atoms with Crippen molar-refractivity contribution in [1.29, 1.82) is 5.41 Å². The average molecular weight is 570 g/mol. The molecule has 4 rings (SSSR count). The van der Waals surface area contributed by atoms with Gasteiger partial charge in [-0.25, -0.2) is 8.78 Å². The molecule has 0 aliphatic carbocycles. The van der Waals surface area contributed by atoms with E-state index in [0.29, 0.717) is 47.5 Å². The van der Waals surface area contributed by atoms with Crippen molar-refractivity contribution in [3.8, 4) is 0 Å². The number of rotatable bonds is 10. The number of halogens is 2. The SMILES string of the molecule is C=C(CC(F)CC)C(=Nc1ccccc1C)C1CCN(C(=O)c2ccc(C(=N)c3cccc(C(C)F)c3)c(C)c2)CC1. The van der Waals surface area contributed by atoms with E-state index in [4.69, 9.17) is 10.4 Å². The van der Waals surface area contributed by atoms with Gasteiger partial charge in [0, 0.05) is 47.8 Å². The fourth-order valence-electron chi connectivity index (χ4n) is 5.51. The van der Waals surface area contributed by atoms with Gasteiger partial charge in [0.05, 0.1) is 11.4 Å². The van der Waals surface area contributed by atoms with Crippen LogP contribution in [0.25, 0.3) is 0 Å². The molecule has 0 spiro atoms. The zero-order valence-electron chi connectivity index (χ0n) is 25.1. The Kier molecular flexibility index (Phi) is 10.2. The molecule has 0 saturated carbocycles. The molecule has 2 unspecified atom stereocenters. The quantitative estimate of drug-likeness (QED) is 0.243. The number of allylic oxidation sites excluding steroid dienone is 1. The highest BCUT2D eigenvalue weighted by Crippen LogP contribution is 2.30. The van der Waals surface area contributed by atoms with Gasteiger partial charge in [-0.15, -0.1) is 0 Å². The number of aryl methyl sites for hydroxylation is 2. The summed E-state index contributed by atoms with van der Waals surface area (Å²) in [6.07, 6.45) is 0.0865. The first-order chi connectivity index (χ1) is 20.1. The minimum absolute atomic E-state index is 0.0473. The second kappa shape index (κ2) is 13.8. The maximum Gasteiger partial charge on any atom is 0.253 e. The minimum atomic E-state index is -1.11. The lowest BCUT2D eigenvalue weighted by Gasteiger charge is -2.33. The molecule has 1 saturated heterocycles. The van der Waals surface area contributed by atoms with Crippen LogP contribution in [0.2, 0.25) is 0 Å². The first-order valence-electron chi connectivity index (χ1n) is 14.8. The number of nitrogens with zero attached hydrogens (tertiary/aromatic N) is 2. The molecule has 2 atom stereocenters. The van der Waals surface area contributed by atoms with Crippen molar-refractivity contribution in [2.24, 2.45) is 10.9 Å². The third-order valence-corrected chi connectivity index (χ3v) is 8.18. The van der Waals surface area contributed by atoms with Crippen LogP contribution in [0.15, 0.2) is 83.9 Å². The molecule has 1 aliphatic heterocycles. The van der Waals surface area contributed by atoms with Gasteiger partial charge < -0.3 is 4.90 Å². The number of benzene rings is 3. The summed E-state index contributed by atoms with van der Waals surface area (Å²) in [7, 11) is 0. The number of hydrogen-bond donors (Lipinski definition) is 1. The lowest BCUT2D eigenvalue weighted by atomic mass is 9.86. The second-order valence-corrected chi connectivity index (χ2v) is 11.3. The maximum atomic E-state index is 14.3. The van der Waals surface area contributed by atoms with Crippen molar-refractivity contribution in [3.63, 3.8) is 0 Å². The summed E-state index contributed by atoms with van der Waals surface area (Å²) in [5, 5.41) is 8.71. The molecule has 220 valence electrons. The maximum absolute atomic E-state index is 14.3. The van der Waals surface area contributed by atoms with E-state index in [1.807, 2.05) is 56.0 Å². The van der Waals surface area contributed by atoms with Crippen molar-refractivity contribution in [3.05, 3.63) is 112 Å². The van der Waals surface area contributed by atoms with Crippen molar-refractivity contribution in [2.75, 3.05) is 13.1 Å². The predicted octanol–water partition coefficient (Wildman–Crippen LogP) is 9.07. The van der Waals surface area contributed by atoms with E-state index >= 15 is 0 Å². The number of hydrogen-bond acceptors (Lipinski definition) is 3. The van der Waals surface area contributed by atoms with E-state index in [2.05, 4.69) is 6.58 Å². The molecule has 1 amide bonds. The molecule has 42 heavy (non-hydrogen) atoms. The van der Waals surface area contributed by atoms with Gasteiger partial charge in [-0.05, 0) is 86.6 Å². The van der Waals surface area contributed by atoms with Crippen LogP contribution >= 0.6 is 0 Å². The van der Waals surface area contributed by atoms with Crippen LogP contribution in [-0.2, 0) is 0 Å². The van der Waals surface area contributed by atoms with Gasteiger partial charge in [0.1, 0.15) is 12.3 Å². The lowest BCUT2D eigenvalue weighted by Crippen LogP contribution is -2.40. The minimum Gasteiger partial charge on any atom is -0.339 e. The molecule has 1 heterocycles. The average Bonchev–Trinajstić information content (AvgIpc) is 3.00. The molecule has 1 aliphatic rings. The summed E-state index contributed by atoms with van der Waals surface area (Å²) in [6.45, 7) is 12.6. The predicted molar refractivity (Wildman–Crippen MR) is 169 cm³/mol. The smallest absolute Gasteiger partial charge is 0.253 e. The summed E-state index contributed by atoms with van der Waals surface area (Å²) >= 11 is 0. The molecule has 0 radical (unpaired) electrons. The normalized spacial score (nSPS) is 15.8. The molecule has 0 aromatic heterocycles. The highest BCUT2D eigenvalue weighted by Gasteiger charge is 2.29. The Bertz CT molecular complexity index is 1480. The van der Waals surface area contributed by atoms with Gasteiger partial charge in [0.2, 0.25) is 0 Å². The molecular formula is C36H41F2N3O. The monoisotopic (exact) mass is 569 g/mol. The number of likely N-dealkylation sites (tertiary alicyclic amines) is 1. The number of aliphatic imine (C=N–C) groups is 1. The Labute approximate surface area is 248 Å². The fourth-order valence-corrected chi connectivity index (χ4v) is 5.51. The zero-order valence-corrected chi connectivity index (χ0v) is 25.1. The van der Waals surface area contributed by atoms with Gasteiger partial charge in [0.15, 0.2) is 0 Å². The van der Waals surface area contributed by atoms with Gasteiger partial charge in [-0.3, -0.25) is 15.2 Å². The molecular weight excluding hydrogens is 528 g/mol. The molecule has 0 bridgehead atoms. The van der Waals surface area contributed by atoms with E-state index in [0.717, 1.165) is 40.9 Å². The van der Waals surface area contributed by atoms with Gasteiger partial charge >= 0.3 is 0 Å². The highest BCUT2D eigenvalue weighted by molar-refractivity contribution is 6.12. The largest absolute Gasteiger partial charge is 0.339 e. The van der Waals surface area contributed by atoms with Crippen LogP contribution in [0.5, 0.6) is 0 Å². The number of carbonyl (C=O) groups excluding carboxylic acids is 1. The summed E-state index contributed by atoms with van der Waals surface area (Å²) in [6, 6.07) is 20.3. The first kappa shape index (κ1) is 31.0. The molecule has 3 aromatic carbocycles. The third kappa shape index (κ3) is 7.28. The van der Waals surface area contributed by atoms with E-state index in [1.165, 1.54) is 6.92 Å². The molecule has 6 heteroatoms. The van der Waals surface area contributed by atoms with E-state index in [-0.39, 0.29) is 18.2 Å². The van der Waals surface area contributed by atoms with Crippen molar-refractivity contribution in [1.82, 2.24) is 4.90 Å². The van der Waals surface area contributed by atoms with Gasteiger partial charge in [-0.2, -0.15) is 0 Å².